The molecule has 0 saturated carbocycles. The minimum atomic E-state index is -0.307. The Morgan fingerprint density at radius 2 is 1.28 bits per heavy atom. The molecule has 0 aliphatic heterocycles. The van der Waals surface area contributed by atoms with Crippen LogP contribution in [0.15, 0.2) is 68.6 Å². The minimum absolute atomic E-state index is 0.223. The standard InChI is InChI=1S/C18H10Br2N4O/c19-12-5-1-10(2-6-12)14-15(11-3-7-13(20)8-4-11)24-17-16(23-14)18(25)22-9-21-17/h1-9H,(H,21,22,24,25). The number of hydrogen-bond donors (Lipinski definition) is 1. The van der Waals surface area contributed by atoms with E-state index in [2.05, 4.69) is 51.8 Å². The van der Waals surface area contributed by atoms with Crippen molar-refractivity contribution in [2.24, 2.45) is 0 Å². The van der Waals surface area contributed by atoms with Crippen LogP contribution in [0.5, 0.6) is 0 Å². The molecular weight excluding hydrogens is 448 g/mol. The van der Waals surface area contributed by atoms with Gasteiger partial charge in [0.05, 0.1) is 17.7 Å². The average molecular weight is 458 g/mol. The summed E-state index contributed by atoms with van der Waals surface area (Å²) < 4.78 is 1.94. The third-order valence-electron chi connectivity index (χ3n) is 3.71. The summed E-state index contributed by atoms with van der Waals surface area (Å²) in [6, 6.07) is 15.5. The van der Waals surface area contributed by atoms with Gasteiger partial charge in [-0.2, -0.15) is 0 Å². The van der Waals surface area contributed by atoms with Crippen LogP contribution in [0.25, 0.3) is 33.7 Å². The molecule has 2 aromatic heterocycles. The number of hydrogen-bond acceptors (Lipinski definition) is 4. The van der Waals surface area contributed by atoms with Crippen LogP contribution in [0.4, 0.5) is 0 Å². The van der Waals surface area contributed by atoms with Crippen molar-refractivity contribution in [1.82, 2.24) is 19.9 Å². The largest absolute Gasteiger partial charge is 0.311 e. The highest BCUT2D eigenvalue weighted by molar-refractivity contribution is 9.10. The molecule has 0 saturated heterocycles. The highest BCUT2D eigenvalue weighted by atomic mass is 79.9. The van der Waals surface area contributed by atoms with Crippen molar-refractivity contribution in [2.45, 2.75) is 0 Å². The molecule has 2 aromatic carbocycles. The molecule has 4 aromatic rings. The molecule has 0 spiro atoms. The van der Waals surface area contributed by atoms with E-state index in [1.165, 1.54) is 6.33 Å². The molecule has 0 aliphatic rings. The Labute approximate surface area is 159 Å². The highest BCUT2D eigenvalue weighted by Crippen LogP contribution is 2.31. The Bertz CT molecular complexity index is 1120. The van der Waals surface area contributed by atoms with Gasteiger partial charge in [0.1, 0.15) is 0 Å². The number of nitrogens with zero attached hydrogens (tertiary/aromatic N) is 3. The van der Waals surface area contributed by atoms with Crippen molar-refractivity contribution in [3.8, 4) is 22.5 Å². The predicted molar refractivity (Wildman–Crippen MR) is 104 cm³/mol. The average Bonchev–Trinajstić information content (AvgIpc) is 2.63. The van der Waals surface area contributed by atoms with E-state index in [-0.39, 0.29) is 11.1 Å². The van der Waals surface area contributed by atoms with E-state index in [1.54, 1.807) is 0 Å². The molecule has 122 valence electrons. The first kappa shape index (κ1) is 16.1. The van der Waals surface area contributed by atoms with Gasteiger partial charge >= 0.3 is 0 Å². The van der Waals surface area contributed by atoms with E-state index in [0.29, 0.717) is 17.0 Å². The van der Waals surface area contributed by atoms with Gasteiger partial charge in [-0.1, -0.05) is 56.1 Å². The van der Waals surface area contributed by atoms with Crippen molar-refractivity contribution in [3.63, 3.8) is 0 Å². The maximum atomic E-state index is 12.1. The van der Waals surface area contributed by atoms with Crippen LogP contribution in [0.1, 0.15) is 0 Å². The molecule has 0 unspecified atom stereocenters. The number of aromatic nitrogens is 4. The van der Waals surface area contributed by atoms with Gasteiger partial charge in [0, 0.05) is 20.1 Å². The molecule has 1 N–H and O–H groups in total. The monoisotopic (exact) mass is 456 g/mol. The van der Waals surface area contributed by atoms with Crippen LogP contribution in [0.2, 0.25) is 0 Å². The fraction of sp³-hybridized carbons (Fsp3) is 0. The topological polar surface area (TPSA) is 71.5 Å². The van der Waals surface area contributed by atoms with Crippen molar-refractivity contribution >= 4 is 43.0 Å². The second kappa shape index (κ2) is 6.50. The molecule has 0 aliphatic carbocycles. The molecule has 0 atom stereocenters. The van der Waals surface area contributed by atoms with Gasteiger partial charge in [-0.05, 0) is 24.3 Å². The number of nitrogens with one attached hydrogen (secondary N) is 1. The van der Waals surface area contributed by atoms with Crippen molar-refractivity contribution in [3.05, 3.63) is 74.2 Å². The number of rotatable bonds is 2. The van der Waals surface area contributed by atoms with Crippen molar-refractivity contribution in [2.75, 3.05) is 0 Å². The summed E-state index contributed by atoms with van der Waals surface area (Å²) in [6.45, 7) is 0. The van der Waals surface area contributed by atoms with Gasteiger partial charge in [-0.25, -0.2) is 15.0 Å². The van der Waals surface area contributed by atoms with E-state index in [4.69, 9.17) is 0 Å². The van der Waals surface area contributed by atoms with Crippen LogP contribution >= 0.6 is 31.9 Å². The number of fused-ring (bicyclic) bond motifs is 1. The van der Waals surface area contributed by atoms with Gasteiger partial charge < -0.3 is 4.98 Å². The van der Waals surface area contributed by atoms with Gasteiger partial charge in [-0.3, -0.25) is 4.79 Å². The van der Waals surface area contributed by atoms with E-state index >= 15 is 0 Å². The summed E-state index contributed by atoms with van der Waals surface area (Å²) in [5, 5.41) is 0. The lowest BCUT2D eigenvalue weighted by Crippen LogP contribution is -2.10. The molecule has 25 heavy (non-hydrogen) atoms. The molecule has 5 nitrogen and oxygen atoms in total. The molecule has 0 bridgehead atoms. The fourth-order valence-electron chi connectivity index (χ4n) is 2.51. The maximum Gasteiger partial charge on any atom is 0.278 e. The van der Waals surface area contributed by atoms with Crippen LogP contribution < -0.4 is 5.56 Å². The Morgan fingerprint density at radius 1 is 0.760 bits per heavy atom. The number of halogens is 2. The number of aromatic amines is 1. The number of benzene rings is 2. The zero-order chi connectivity index (χ0) is 17.4. The zero-order valence-corrected chi connectivity index (χ0v) is 15.9. The van der Waals surface area contributed by atoms with Crippen LogP contribution in [-0.4, -0.2) is 19.9 Å². The molecule has 4 rings (SSSR count). The second-order valence-electron chi connectivity index (χ2n) is 5.34. The molecule has 0 fully saturated rings. The lowest BCUT2D eigenvalue weighted by atomic mass is 10.0. The van der Waals surface area contributed by atoms with Crippen LogP contribution in [0.3, 0.4) is 0 Å². The zero-order valence-electron chi connectivity index (χ0n) is 12.7. The summed E-state index contributed by atoms with van der Waals surface area (Å²) in [6.07, 6.45) is 1.34. The quantitative estimate of drug-likeness (QED) is 0.478. The van der Waals surface area contributed by atoms with Crippen LogP contribution in [-0.2, 0) is 0 Å². The summed E-state index contributed by atoms with van der Waals surface area (Å²) >= 11 is 6.87. The molecule has 7 heteroatoms. The summed E-state index contributed by atoms with van der Waals surface area (Å²) in [7, 11) is 0. The first-order valence-electron chi connectivity index (χ1n) is 7.39. The lowest BCUT2D eigenvalue weighted by Gasteiger charge is -2.10. The Balaban J connectivity index is 2.04. The lowest BCUT2D eigenvalue weighted by molar-refractivity contribution is 1.11. The normalized spacial score (nSPS) is 11.0. The van der Waals surface area contributed by atoms with E-state index < -0.39 is 0 Å². The van der Waals surface area contributed by atoms with Crippen LogP contribution in [0, 0.1) is 0 Å². The van der Waals surface area contributed by atoms with Gasteiger partial charge in [0.15, 0.2) is 11.2 Å². The highest BCUT2D eigenvalue weighted by Gasteiger charge is 2.15. The van der Waals surface area contributed by atoms with E-state index in [1.807, 2.05) is 48.5 Å². The molecular formula is C18H10Br2N4O. The molecule has 0 amide bonds. The van der Waals surface area contributed by atoms with E-state index in [9.17, 15) is 4.79 Å². The third-order valence-corrected chi connectivity index (χ3v) is 4.77. The number of H-pyrrole nitrogens is 1. The minimum Gasteiger partial charge on any atom is -0.311 e. The van der Waals surface area contributed by atoms with Crippen molar-refractivity contribution < 1.29 is 0 Å². The van der Waals surface area contributed by atoms with Crippen molar-refractivity contribution in [1.29, 1.82) is 0 Å². The van der Waals surface area contributed by atoms with Gasteiger partial charge in [0.25, 0.3) is 5.56 Å². The second-order valence-corrected chi connectivity index (χ2v) is 7.17. The summed E-state index contributed by atoms with van der Waals surface area (Å²) in [5.74, 6) is 0. The van der Waals surface area contributed by atoms with Gasteiger partial charge in [0.2, 0.25) is 0 Å². The molecule has 2 heterocycles. The SMILES string of the molecule is O=c1[nH]cnc2nc(-c3ccc(Br)cc3)c(-c3ccc(Br)cc3)nc12. The maximum absolute atomic E-state index is 12.1. The third kappa shape index (κ3) is 3.12. The summed E-state index contributed by atoms with van der Waals surface area (Å²) in [5.41, 5.74) is 3.33. The van der Waals surface area contributed by atoms with E-state index in [0.717, 1.165) is 20.1 Å². The molecule has 0 radical (unpaired) electrons. The summed E-state index contributed by atoms with van der Waals surface area (Å²) in [4.78, 5) is 28.0. The predicted octanol–water partition coefficient (Wildman–Crippen LogP) is 4.57. The smallest absolute Gasteiger partial charge is 0.278 e. The first-order valence-corrected chi connectivity index (χ1v) is 8.98. The fourth-order valence-corrected chi connectivity index (χ4v) is 3.04. The Hall–Kier alpha value is -2.38. The first-order chi connectivity index (χ1) is 12.1. The Morgan fingerprint density at radius 3 is 1.84 bits per heavy atom. The van der Waals surface area contributed by atoms with Gasteiger partial charge in [-0.15, -0.1) is 0 Å². The Kier molecular flexibility index (Phi) is 4.19.